The van der Waals surface area contributed by atoms with Crippen molar-refractivity contribution in [1.29, 1.82) is 0 Å². The minimum absolute atomic E-state index is 0.0841. The Kier molecular flexibility index (Phi) is 8.43. The summed E-state index contributed by atoms with van der Waals surface area (Å²) < 4.78 is 26.4. The van der Waals surface area contributed by atoms with Gasteiger partial charge in [-0.05, 0) is 60.3 Å². The zero-order valence-electron chi connectivity index (χ0n) is 19.4. The molecule has 0 N–H and O–H groups in total. The summed E-state index contributed by atoms with van der Waals surface area (Å²) in [4.78, 5) is 15.3. The molecule has 2 aromatic rings. The molecule has 0 saturated heterocycles. The van der Waals surface area contributed by atoms with Crippen LogP contribution in [0, 0.1) is 23.1 Å². The highest BCUT2D eigenvalue weighted by atomic mass is 35.5. The number of allylic oxidation sites excluding steroid dienone is 1. The lowest BCUT2D eigenvalue weighted by Crippen LogP contribution is -2.31. The van der Waals surface area contributed by atoms with Crippen molar-refractivity contribution in [2.75, 3.05) is 19.6 Å². The second-order valence-corrected chi connectivity index (χ2v) is 9.81. The molecule has 1 unspecified atom stereocenters. The van der Waals surface area contributed by atoms with Gasteiger partial charge in [-0.25, -0.2) is 4.39 Å². The molecular weight excluding hydrogens is 464 g/mol. The molecule has 1 aliphatic rings. The van der Waals surface area contributed by atoms with Gasteiger partial charge in [0, 0.05) is 6.54 Å². The minimum atomic E-state index is -0.580. The molecule has 0 spiro atoms. The normalized spacial score (nSPS) is 19.6. The van der Waals surface area contributed by atoms with Crippen LogP contribution in [0.4, 0.5) is 4.39 Å². The highest BCUT2D eigenvalue weighted by molar-refractivity contribution is 6.55. The summed E-state index contributed by atoms with van der Waals surface area (Å²) in [6, 6.07) is 13.6. The number of esters is 1. The fourth-order valence-electron chi connectivity index (χ4n) is 4.13. The molecule has 178 valence electrons. The van der Waals surface area contributed by atoms with Gasteiger partial charge in [0.05, 0.1) is 5.92 Å². The van der Waals surface area contributed by atoms with E-state index in [-0.39, 0.29) is 33.5 Å². The van der Waals surface area contributed by atoms with Crippen molar-refractivity contribution in [3.63, 3.8) is 0 Å². The largest absolute Gasteiger partial charge is 0.456 e. The van der Waals surface area contributed by atoms with E-state index >= 15 is 0 Å². The predicted octanol–water partition coefficient (Wildman–Crippen LogP) is 7.14. The van der Waals surface area contributed by atoms with Gasteiger partial charge in [-0.2, -0.15) is 0 Å². The summed E-state index contributed by atoms with van der Waals surface area (Å²) >= 11 is 11.7. The lowest BCUT2D eigenvalue weighted by Gasteiger charge is -2.26. The Morgan fingerprint density at radius 2 is 1.82 bits per heavy atom. The Labute approximate surface area is 205 Å². The summed E-state index contributed by atoms with van der Waals surface area (Å²) in [6.07, 6.45) is 1.11. The summed E-state index contributed by atoms with van der Waals surface area (Å²) in [5.41, 5.74) is 0.375. The van der Waals surface area contributed by atoms with Gasteiger partial charge in [0.1, 0.15) is 16.3 Å². The summed E-state index contributed by atoms with van der Waals surface area (Å²) in [6.45, 7) is 10.1. The third-order valence-corrected chi connectivity index (χ3v) is 6.60. The number of hydrogen-bond acceptors (Lipinski definition) is 4. The number of carbonyl (C=O) groups is 1. The Morgan fingerprint density at radius 1 is 1.15 bits per heavy atom. The molecule has 3 rings (SSSR count). The number of likely N-dealkylation sites (N-methyl/N-ethyl adjacent to an activating group) is 1. The number of halogens is 3. The summed E-state index contributed by atoms with van der Waals surface area (Å²) in [5, 5.41) is 0. The fourth-order valence-corrected chi connectivity index (χ4v) is 4.40. The van der Waals surface area contributed by atoms with Crippen LogP contribution in [0.5, 0.6) is 11.5 Å². The molecule has 0 bridgehead atoms. The zero-order valence-corrected chi connectivity index (χ0v) is 20.9. The Bertz CT molecular complexity index is 988. The van der Waals surface area contributed by atoms with Crippen molar-refractivity contribution in [2.45, 2.75) is 33.8 Å². The highest BCUT2D eigenvalue weighted by Crippen LogP contribution is 2.60. The monoisotopic (exact) mass is 493 g/mol. The van der Waals surface area contributed by atoms with Crippen molar-refractivity contribution in [3.8, 4) is 11.5 Å². The molecule has 0 aliphatic heterocycles. The van der Waals surface area contributed by atoms with Crippen molar-refractivity contribution >= 4 is 29.2 Å². The van der Waals surface area contributed by atoms with E-state index in [2.05, 4.69) is 4.90 Å². The third kappa shape index (κ3) is 6.28. The Morgan fingerprint density at radius 3 is 2.42 bits per heavy atom. The molecule has 4 nitrogen and oxygen atoms in total. The molecule has 0 amide bonds. The van der Waals surface area contributed by atoms with Gasteiger partial charge < -0.3 is 9.47 Å². The molecule has 1 aliphatic carbocycles. The van der Waals surface area contributed by atoms with Crippen LogP contribution in [-0.4, -0.2) is 30.5 Å². The van der Waals surface area contributed by atoms with E-state index in [0.717, 1.165) is 13.1 Å². The van der Waals surface area contributed by atoms with Gasteiger partial charge >= 0.3 is 5.97 Å². The molecule has 0 heterocycles. The van der Waals surface area contributed by atoms with Crippen LogP contribution < -0.4 is 4.74 Å². The highest BCUT2D eigenvalue weighted by Gasteiger charge is 2.62. The number of carbonyl (C=O) groups excluding carboxylic acids is 1. The van der Waals surface area contributed by atoms with Gasteiger partial charge in [0.15, 0.2) is 11.6 Å². The lowest BCUT2D eigenvalue weighted by atomic mass is 10.1. The Hall–Kier alpha value is -2.08. The van der Waals surface area contributed by atoms with Crippen molar-refractivity contribution < 1.29 is 18.7 Å². The van der Waals surface area contributed by atoms with E-state index in [1.54, 1.807) is 30.3 Å². The van der Waals surface area contributed by atoms with Gasteiger partial charge in [0.25, 0.3) is 0 Å². The van der Waals surface area contributed by atoms with Crippen LogP contribution in [0.3, 0.4) is 0 Å². The van der Waals surface area contributed by atoms with E-state index in [4.69, 9.17) is 32.7 Å². The quantitative estimate of drug-likeness (QED) is 0.329. The molecular formula is C26H30Cl2FNO3. The molecule has 3 atom stereocenters. The van der Waals surface area contributed by atoms with E-state index in [0.29, 0.717) is 17.9 Å². The van der Waals surface area contributed by atoms with Crippen molar-refractivity contribution in [3.05, 3.63) is 70.5 Å². The van der Waals surface area contributed by atoms with Gasteiger partial charge in [-0.1, -0.05) is 75.2 Å². The van der Waals surface area contributed by atoms with Gasteiger partial charge in [0.2, 0.25) is 0 Å². The maximum atomic E-state index is 14.5. The molecule has 33 heavy (non-hydrogen) atoms. The van der Waals surface area contributed by atoms with Crippen LogP contribution in [0.25, 0.3) is 0 Å². The maximum Gasteiger partial charge on any atom is 0.310 e. The summed E-state index contributed by atoms with van der Waals surface area (Å²) in [7, 11) is 0. The van der Waals surface area contributed by atoms with Crippen LogP contribution in [-0.2, 0) is 9.53 Å². The average molecular weight is 494 g/mol. The van der Waals surface area contributed by atoms with E-state index in [1.165, 1.54) is 6.07 Å². The summed E-state index contributed by atoms with van der Waals surface area (Å²) in [5.74, 6) is -0.624. The Balaban J connectivity index is 1.86. The first-order valence-electron chi connectivity index (χ1n) is 11.1. The molecule has 1 saturated carbocycles. The van der Waals surface area contributed by atoms with Gasteiger partial charge in [-0.15, -0.1) is 0 Å². The molecule has 0 radical (unpaired) electrons. The predicted molar refractivity (Wildman–Crippen MR) is 130 cm³/mol. The minimum Gasteiger partial charge on any atom is -0.456 e. The second kappa shape index (κ2) is 10.9. The van der Waals surface area contributed by atoms with Crippen molar-refractivity contribution in [2.24, 2.45) is 17.3 Å². The molecule has 1 fully saturated rings. The number of rotatable bonds is 10. The van der Waals surface area contributed by atoms with E-state index in [1.807, 2.05) is 45.9 Å². The zero-order chi connectivity index (χ0) is 24.2. The van der Waals surface area contributed by atoms with Crippen LogP contribution in [0.2, 0.25) is 0 Å². The lowest BCUT2D eigenvalue weighted by molar-refractivity contribution is -0.153. The molecule has 7 heteroatoms. The third-order valence-electron chi connectivity index (χ3n) is 6.35. The van der Waals surface area contributed by atoms with Gasteiger partial charge in [-0.3, -0.25) is 9.69 Å². The number of benzene rings is 2. The number of nitrogens with zero attached hydrogens (tertiary/aromatic N) is 1. The van der Waals surface area contributed by atoms with Crippen LogP contribution in [0.15, 0.2) is 59.1 Å². The van der Waals surface area contributed by atoms with E-state index < -0.39 is 11.9 Å². The molecule has 0 aromatic heterocycles. The topological polar surface area (TPSA) is 38.8 Å². The first kappa shape index (κ1) is 25.5. The SMILES string of the molecule is CCN(CC)CC(OC(=O)[C@H]1[C@H](C=C(Cl)Cl)C1(C)C)c1ccc(F)c(Oc2ccccc2)c1. The number of hydrogen-bond donors (Lipinski definition) is 0. The number of para-hydroxylation sites is 1. The van der Waals surface area contributed by atoms with Crippen molar-refractivity contribution in [1.82, 2.24) is 4.90 Å². The maximum absolute atomic E-state index is 14.5. The first-order chi connectivity index (χ1) is 15.7. The standard InChI is InChI=1S/C26H30Cl2FNO3/c1-5-30(6-2)16-22(33-25(31)24-19(15-23(27)28)26(24,3)4)17-12-13-20(29)21(14-17)32-18-10-8-7-9-11-18/h7-15,19,22,24H,5-6,16H2,1-4H3/t19-,22?,24+/m0/s1. The fraction of sp³-hybridized carbons (Fsp3) is 0.423. The second-order valence-electron chi connectivity index (χ2n) is 8.80. The molecule has 2 aromatic carbocycles. The number of ether oxygens (including phenoxy) is 2. The van der Waals surface area contributed by atoms with Crippen LogP contribution in [0.1, 0.15) is 39.4 Å². The first-order valence-corrected chi connectivity index (χ1v) is 11.9. The average Bonchev–Trinajstić information content (AvgIpc) is 3.32. The van der Waals surface area contributed by atoms with E-state index in [9.17, 15) is 9.18 Å². The van der Waals surface area contributed by atoms with Crippen LogP contribution >= 0.6 is 23.2 Å². The smallest absolute Gasteiger partial charge is 0.310 e.